The van der Waals surface area contributed by atoms with Gasteiger partial charge in [-0.25, -0.2) is 9.78 Å². The van der Waals surface area contributed by atoms with Crippen molar-refractivity contribution in [3.05, 3.63) is 87.6 Å². The third-order valence-electron chi connectivity index (χ3n) is 6.26. The molecule has 0 amide bonds. The second-order valence-corrected chi connectivity index (χ2v) is 8.87. The van der Waals surface area contributed by atoms with Gasteiger partial charge in [-0.1, -0.05) is 35.7 Å². The highest BCUT2D eigenvalue weighted by atomic mass is 35.5. The van der Waals surface area contributed by atoms with Crippen molar-refractivity contribution < 1.29 is 0 Å². The summed E-state index contributed by atoms with van der Waals surface area (Å²) in [6.07, 6.45) is 4.33. The lowest BCUT2D eigenvalue weighted by molar-refractivity contribution is 0.322. The number of likely N-dealkylation sites (tertiary alicyclic amines) is 1. The zero-order chi connectivity index (χ0) is 22.8. The number of hydrogen-bond donors (Lipinski definition) is 0. The Bertz CT molecular complexity index is 1400. The van der Waals surface area contributed by atoms with Crippen molar-refractivity contribution in [1.29, 1.82) is 0 Å². The second kappa shape index (κ2) is 9.27. The Balaban J connectivity index is 1.36. The quantitative estimate of drug-likeness (QED) is 0.423. The summed E-state index contributed by atoms with van der Waals surface area (Å²) in [6, 6.07) is 17.6. The van der Waals surface area contributed by atoms with Gasteiger partial charge in [0.2, 0.25) is 0 Å². The van der Waals surface area contributed by atoms with Crippen molar-refractivity contribution in [1.82, 2.24) is 19.0 Å². The van der Waals surface area contributed by atoms with Gasteiger partial charge in [0.1, 0.15) is 5.69 Å². The minimum atomic E-state index is 0.0220. The van der Waals surface area contributed by atoms with Gasteiger partial charge in [0.05, 0.1) is 11.0 Å². The Hall–Kier alpha value is -3.33. The van der Waals surface area contributed by atoms with E-state index in [1.54, 1.807) is 4.57 Å². The summed E-state index contributed by atoms with van der Waals surface area (Å²) >= 11 is 5.97. The standard InChI is InChI=1S/C27H25ClN4O/c1-30-26-18-20(5-13-25(26)32(27(30)33)17-16-31-14-2-3-15-31)4-11-24-12-8-22(19-29-24)21-6-9-23(28)10-7-21/h5-10,12-13,18-19H,2-3,14-17H2,1H3. The fraction of sp³-hybridized carbons (Fsp3) is 0.259. The average molecular weight is 457 g/mol. The number of hydrogen-bond acceptors (Lipinski definition) is 3. The minimum Gasteiger partial charge on any atom is -0.302 e. The van der Waals surface area contributed by atoms with Crippen LogP contribution in [-0.4, -0.2) is 38.7 Å². The predicted octanol–water partition coefficient (Wildman–Crippen LogP) is 4.55. The topological polar surface area (TPSA) is 43.1 Å². The van der Waals surface area contributed by atoms with Crippen molar-refractivity contribution in [2.24, 2.45) is 7.05 Å². The maximum atomic E-state index is 12.8. The molecule has 5 rings (SSSR count). The molecular weight excluding hydrogens is 432 g/mol. The predicted molar refractivity (Wildman–Crippen MR) is 134 cm³/mol. The molecule has 2 aromatic carbocycles. The molecule has 0 saturated carbocycles. The van der Waals surface area contributed by atoms with E-state index >= 15 is 0 Å². The molecule has 0 aliphatic carbocycles. The summed E-state index contributed by atoms with van der Waals surface area (Å²) in [5.41, 5.74) is 5.52. The van der Waals surface area contributed by atoms with E-state index in [0.29, 0.717) is 17.3 Å². The Morgan fingerprint density at radius 3 is 2.39 bits per heavy atom. The summed E-state index contributed by atoms with van der Waals surface area (Å²) in [7, 11) is 1.82. The van der Waals surface area contributed by atoms with Crippen LogP contribution in [0.1, 0.15) is 24.1 Å². The lowest BCUT2D eigenvalue weighted by atomic mass is 10.1. The molecule has 1 saturated heterocycles. The van der Waals surface area contributed by atoms with Crippen LogP contribution in [-0.2, 0) is 13.6 Å². The zero-order valence-corrected chi connectivity index (χ0v) is 19.3. The molecule has 2 aromatic heterocycles. The first-order valence-electron chi connectivity index (χ1n) is 11.2. The Kier molecular flexibility index (Phi) is 6.04. The third-order valence-corrected chi connectivity index (χ3v) is 6.51. The molecule has 3 heterocycles. The highest BCUT2D eigenvalue weighted by molar-refractivity contribution is 6.30. The summed E-state index contributed by atoms with van der Waals surface area (Å²) in [4.78, 5) is 19.7. The van der Waals surface area contributed by atoms with Crippen LogP contribution in [0.15, 0.2) is 65.6 Å². The largest absolute Gasteiger partial charge is 0.328 e. The van der Waals surface area contributed by atoms with Crippen LogP contribution in [0.25, 0.3) is 22.2 Å². The first kappa shape index (κ1) is 21.5. The molecule has 0 radical (unpaired) electrons. The first-order valence-corrected chi connectivity index (χ1v) is 11.6. The van der Waals surface area contributed by atoms with E-state index in [1.165, 1.54) is 12.8 Å². The van der Waals surface area contributed by atoms with Gasteiger partial charge in [0, 0.05) is 42.5 Å². The summed E-state index contributed by atoms with van der Waals surface area (Å²) < 4.78 is 3.59. The lowest BCUT2D eigenvalue weighted by Crippen LogP contribution is -2.29. The van der Waals surface area contributed by atoms with Crippen molar-refractivity contribution in [3.8, 4) is 23.0 Å². The van der Waals surface area contributed by atoms with E-state index in [4.69, 9.17) is 11.6 Å². The van der Waals surface area contributed by atoms with Gasteiger partial charge >= 0.3 is 5.69 Å². The molecule has 0 bridgehead atoms. The molecule has 0 spiro atoms. The van der Waals surface area contributed by atoms with Crippen molar-refractivity contribution in [2.75, 3.05) is 19.6 Å². The Morgan fingerprint density at radius 2 is 1.67 bits per heavy atom. The van der Waals surface area contributed by atoms with Gasteiger partial charge in [-0.15, -0.1) is 0 Å². The highest BCUT2D eigenvalue weighted by Gasteiger charge is 2.15. The monoisotopic (exact) mass is 456 g/mol. The molecule has 166 valence electrons. The first-order chi connectivity index (χ1) is 16.1. The molecule has 1 fully saturated rings. The minimum absolute atomic E-state index is 0.0220. The van der Waals surface area contributed by atoms with Crippen molar-refractivity contribution in [2.45, 2.75) is 19.4 Å². The average Bonchev–Trinajstić information content (AvgIpc) is 3.44. The van der Waals surface area contributed by atoms with E-state index in [-0.39, 0.29) is 5.69 Å². The number of nitrogens with zero attached hydrogens (tertiary/aromatic N) is 4. The molecule has 0 atom stereocenters. The summed E-state index contributed by atoms with van der Waals surface area (Å²) in [6.45, 7) is 3.89. The van der Waals surface area contributed by atoms with Gasteiger partial charge in [-0.3, -0.25) is 9.13 Å². The van der Waals surface area contributed by atoms with Crippen LogP contribution >= 0.6 is 11.6 Å². The number of rotatable bonds is 4. The Labute approximate surface area is 198 Å². The lowest BCUT2D eigenvalue weighted by Gasteiger charge is -2.14. The fourth-order valence-corrected chi connectivity index (χ4v) is 4.49. The van der Waals surface area contributed by atoms with Crippen LogP contribution in [0.5, 0.6) is 0 Å². The number of pyridine rings is 1. The van der Waals surface area contributed by atoms with Crippen molar-refractivity contribution >= 4 is 22.6 Å². The second-order valence-electron chi connectivity index (χ2n) is 8.43. The number of imidazole rings is 1. The summed E-state index contributed by atoms with van der Waals surface area (Å²) in [5, 5.41) is 0.714. The SMILES string of the molecule is Cn1c(=O)n(CCN2CCCC2)c2ccc(C#Cc3ccc(-c4ccc(Cl)cc4)cn3)cc21. The van der Waals surface area contributed by atoms with Crippen LogP contribution in [0.4, 0.5) is 0 Å². The molecule has 6 heteroatoms. The maximum absolute atomic E-state index is 12.8. The van der Waals surface area contributed by atoms with Gasteiger partial charge < -0.3 is 4.90 Å². The normalized spacial score (nSPS) is 13.9. The molecule has 1 aliphatic heterocycles. The van der Waals surface area contributed by atoms with Crippen LogP contribution in [0, 0.1) is 11.8 Å². The van der Waals surface area contributed by atoms with Crippen LogP contribution < -0.4 is 5.69 Å². The third kappa shape index (κ3) is 4.59. The molecular formula is C27H25ClN4O. The smallest absolute Gasteiger partial charge is 0.302 e. The maximum Gasteiger partial charge on any atom is 0.328 e. The van der Waals surface area contributed by atoms with Gasteiger partial charge in [0.25, 0.3) is 0 Å². The van der Waals surface area contributed by atoms with Crippen LogP contribution in [0.2, 0.25) is 5.02 Å². The number of benzene rings is 2. The number of fused-ring (bicyclic) bond motifs is 1. The number of aryl methyl sites for hydroxylation is 1. The van der Waals surface area contributed by atoms with Gasteiger partial charge in [0.15, 0.2) is 0 Å². The highest BCUT2D eigenvalue weighted by Crippen LogP contribution is 2.21. The van der Waals surface area contributed by atoms with Crippen LogP contribution in [0.3, 0.4) is 0 Å². The van der Waals surface area contributed by atoms with Gasteiger partial charge in [-0.2, -0.15) is 0 Å². The van der Waals surface area contributed by atoms with Crippen molar-refractivity contribution in [3.63, 3.8) is 0 Å². The van der Waals surface area contributed by atoms with E-state index in [1.807, 2.05) is 72.4 Å². The van der Waals surface area contributed by atoms with E-state index in [2.05, 4.69) is 21.7 Å². The Morgan fingerprint density at radius 1 is 0.909 bits per heavy atom. The molecule has 5 nitrogen and oxygen atoms in total. The molecule has 33 heavy (non-hydrogen) atoms. The number of halogens is 1. The summed E-state index contributed by atoms with van der Waals surface area (Å²) in [5.74, 6) is 6.32. The van der Waals surface area contributed by atoms with E-state index in [9.17, 15) is 4.79 Å². The fourth-order valence-electron chi connectivity index (χ4n) is 4.37. The number of aromatic nitrogens is 3. The molecule has 0 N–H and O–H groups in total. The zero-order valence-electron chi connectivity index (χ0n) is 18.6. The van der Waals surface area contributed by atoms with E-state index < -0.39 is 0 Å². The molecule has 4 aromatic rings. The molecule has 1 aliphatic rings. The van der Waals surface area contributed by atoms with E-state index in [0.717, 1.165) is 47.4 Å². The van der Waals surface area contributed by atoms with Gasteiger partial charge in [-0.05, 0) is 73.8 Å². The molecule has 0 unspecified atom stereocenters.